The first-order chi connectivity index (χ1) is 20.2. The van der Waals surface area contributed by atoms with E-state index in [1.54, 1.807) is 6.07 Å². The number of hydrogen-bond acceptors (Lipinski definition) is 5. The van der Waals surface area contributed by atoms with Crippen molar-refractivity contribution in [3.8, 4) is 11.1 Å². The van der Waals surface area contributed by atoms with Crippen molar-refractivity contribution in [3.05, 3.63) is 77.4 Å². The molecule has 1 spiro atoms. The van der Waals surface area contributed by atoms with Crippen LogP contribution in [0.25, 0.3) is 11.1 Å². The molecule has 3 aromatic rings. The highest BCUT2D eigenvalue weighted by molar-refractivity contribution is 6.10. The van der Waals surface area contributed by atoms with E-state index in [0.29, 0.717) is 20.9 Å². The second-order valence-electron chi connectivity index (χ2n) is 10.5. The summed E-state index contributed by atoms with van der Waals surface area (Å²) in [7, 11) is 0. The van der Waals surface area contributed by atoms with Crippen molar-refractivity contribution in [2.75, 3.05) is 6.54 Å². The van der Waals surface area contributed by atoms with E-state index in [9.17, 15) is 36.7 Å². The van der Waals surface area contributed by atoms with E-state index < -0.39 is 73.0 Å². The second kappa shape index (κ2) is 10.8. The molecule has 0 bridgehead atoms. The summed E-state index contributed by atoms with van der Waals surface area (Å²) in [5.41, 5.74) is 4.80. The lowest BCUT2D eigenvalue weighted by Gasteiger charge is -2.32. The van der Waals surface area contributed by atoms with E-state index in [1.807, 2.05) is 0 Å². The fourth-order valence-electron chi connectivity index (χ4n) is 5.36. The number of benzene rings is 2. The molecular formula is C28H25F5N6O4. The average Bonchev–Trinajstić information content (AvgIpc) is 3.58. The number of amides is 5. The highest BCUT2D eigenvalue weighted by Crippen LogP contribution is 2.49. The highest BCUT2D eigenvalue weighted by Gasteiger charge is 2.59. The minimum atomic E-state index is -4.84. The van der Waals surface area contributed by atoms with Gasteiger partial charge in [-0.05, 0) is 47.4 Å². The molecule has 1 aromatic heterocycles. The molecule has 5 amide bonds. The van der Waals surface area contributed by atoms with Crippen LogP contribution in [-0.4, -0.2) is 62.1 Å². The number of hydrogen-bond donors (Lipinski definition) is 2. The van der Waals surface area contributed by atoms with Crippen molar-refractivity contribution in [1.82, 2.24) is 24.9 Å². The number of fused-ring (bicyclic) bond motifs is 2. The second-order valence-corrected chi connectivity index (χ2v) is 10.5. The fourth-order valence-corrected chi connectivity index (χ4v) is 5.36. The van der Waals surface area contributed by atoms with Gasteiger partial charge in [-0.25, -0.2) is 13.6 Å². The lowest BCUT2D eigenvalue weighted by atomic mass is 9.90. The zero-order valence-corrected chi connectivity index (χ0v) is 22.6. The molecule has 10 nitrogen and oxygen atoms in total. The molecule has 0 saturated carbocycles. The van der Waals surface area contributed by atoms with Crippen molar-refractivity contribution in [3.63, 3.8) is 0 Å². The maximum atomic E-state index is 15.4. The van der Waals surface area contributed by atoms with Gasteiger partial charge in [-0.15, -0.1) is 0 Å². The Labute approximate surface area is 241 Å². The topological polar surface area (TPSA) is 131 Å². The van der Waals surface area contributed by atoms with Gasteiger partial charge in [0.15, 0.2) is 0 Å². The zero-order chi connectivity index (χ0) is 31.3. The number of nitrogens with zero attached hydrogens (tertiary/aromatic N) is 4. The highest BCUT2D eigenvalue weighted by atomic mass is 19.4. The molecule has 0 radical (unpaired) electrons. The largest absolute Gasteiger partial charge is 0.408 e. The molecule has 2 unspecified atom stereocenters. The van der Waals surface area contributed by atoms with Gasteiger partial charge in [0.25, 0.3) is 5.91 Å². The Bertz CT molecular complexity index is 1610. The molecule has 1 aliphatic heterocycles. The van der Waals surface area contributed by atoms with Crippen molar-refractivity contribution >= 4 is 23.8 Å². The summed E-state index contributed by atoms with van der Waals surface area (Å²) < 4.78 is 71.0. The third-order valence-electron chi connectivity index (χ3n) is 7.62. The summed E-state index contributed by atoms with van der Waals surface area (Å²) >= 11 is 0. The maximum absolute atomic E-state index is 15.4. The van der Waals surface area contributed by atoms with Crippen molar-refractivity contribution < 1.29 is 41.1 Å². The number of rotatable bonds is 8. The molecule has 1 fully saturated rings. The minimum absolute atomic E-state index is 0.102. The smallest absolute Gasteiger partial charge is 0.368 e. The molecule has 3 N–H and O–H groups in total. The summed E-state index contributed by atoms with van der Waals surface area (Å²) in [6.45, 7) is -1.01. The van der Waals surface area contributed by atoms with E-state index in [4.69, 9.17) is 5.73 Å². The Balaban J connectivity index is 1.39. The summed E-state index contributed by atoms with van der Waals surface area (Å²) in [6, 6.07) is 5.62. The predicted octanol–water partition coefficient (Wildman–Crippen LogP) is 3.32. The first-order valence-corrected chi connectivity index (χ1v) is 13.0. The lowest BCUT2D eigenvalue weighted by molar-refractivity contribution is -0.187. The van der Waals surface area contributed by atoms with Crippen LogP contribution in [0.2, 0.25) is 0 Å². The number of halogens is 5. The van der Waals surface area contributed by atoms with Crippen LogP contribution in [0.5, 0.6) is 0 Å². The summed E-state index contributed by atoms with van der Waals surface area (Å²) in [6.07, 6.45) is -4.05. The van der Waals surface area contributed by atoms with Crippen LogP contribution in [0, 0.1) is 5.82 Å². The molecule has 1 saturated heterocycles. The molecule has 5 rings (SSSR count). The number of imide groups is 1. The lowest BCUT2D eigenvalue weighted by Crippen LogP contribution is -2.51. The Morgan fingerprint density at radius 1 is 1.14 bits per heavy atom. The molecule has 1 aliphatic carbocycles. The van der Waals surface area contributed by atoms with Crippen molar-refractivity contribution in [2.45, 2.75) is 50.4 Å². The van der Waals surface area contributed by atoms with Crippen LogP contribution in [0.1, 0.15) is 36.2 Å². The number of alkyl halides is 4. The fraction of sp³-hybridized carbons (Fsp3) is 0.321. The quantitative estimate of drug-likeness (QED) is 0.301. The molecule has 2 aliphatic rings. The van der Waals surface area contributed by atoms with Crippen LogP contribution in [0.3, 0.4) is 0 Å². The Morgan fingerprint density at radius 2 is 1.84 bits per heavy atom. The van der Waals surface area contributed by atoms with Crippen LogP contribution in [-0.2, 0) is 33.0 Å². The van der Waals surface area contributed by atoms with Gasteiger partial charge >= 0.3 is 12.2 Å². The Morgan fingerprint density at radius 3 is 2.49 bits per heavy atom. The van der Waals surface area contributed by atoms with Gasteiger partial charge in [0, 0.05) is 24.7 Å². The predicted molar refractivity (Wildman–Crippen MR) is 140 cm³/mol. The molecule has 226 valence electrons. The monoisotopic (exact) mass is 604 g/mol. The number of carbonyl (C=O) groups excluding carboxylic acids is 4. The number of nitrogens with two attached hydrogens (primary N) is 1. The third kappa shape index (κ3) is 5.53. The SMILES string of the molecule is C[C@H](N(Cc1ccc(F)cc1)C(=O)CN1C(=O)NC2(CC(F)c3cc(-c4cnn(CC(N)=O)c4)ccc32)C1=O)C(F)(F)F. The first kappa shape index (κ1) is 29.7. The number of aromatic nitrogens is 2. The number of urea groups is 1. The van der Waals surface area contributed by atoms with Gasteiger partial charge < -0.3 is 16.0 Å². The van der Waals surface area contributed by atoms with E-state index in [2.05, 4.69) is 10.4 Å². The van der Waals surface area contributed by atoms with Crippen LogP contribution < -0.4 is 11.1 Å². The van der Waals surface area contributed by atoms with Crippen LogP contribution in [0.15, 0.2) is 54.9 Å². The van der Waals surface area contributed by atoms with Gasteiger partial charge in [0.1, 0.15) is 36.7 Å². The molecule has 15 heteroatoms. The van der Waals surface area contributed by atoms with Gasteiger partial charge in [-0.1, -0.05) is 24.3 Å². The molecular weight excluding hydrogens is 579 g/mol. The van der Waals surface area contributed by atoms with E-state index >= 15 is 4.39 Å². The van der Waals surface area contributed by atoms with E-state index in [1.165, 1.54) is 41.3 Å². The molecule has 2 heterocycles. The average molecular weight is 605 g/mol. The Kier molecular flexibility index (Phi) is 7.44. The van der Waals surface area contributed by atoms with Crippen LogP contribution >= 0.6 is 0 Å². The Hall–Kier alpha value is -4.82. The van der Waals surface area contributed by atoms with Gasteiger partial charge in [-0.2, -0.15) is 18.3 Å². The number of nitrogens with one attached hydrogen (secondary N) is 1. The zero-order valence-electron chi connectivity index (χ0n) is 22.6. The minimum Gasteiger partial charge on any atom is -0.368 e. The molecule has 2 aromatic carbocycles. The van der Waals surface area contributed by atoms with Gasteiger partial charge in [0.05, 0.1) is 6.20 Å². The standard InChI is InChI=1S/C28H25F5N6O4/c1-15(28(31,32)33)38(11-16-2-5-19(29)6-3-16)24(41)14-39-25(42)27(36-26(39)43)9-22(30)20-8-17(4-7-21(20)27)18-10-35-37(12-18)13-23(34)40/h2-8,10,12,15,22H,9,11,13-14H2,1H3,(H2,34,40)(H,36,43)/t15-,22?,27?/m0/s1. The maximum Gasteiger partial charge on any atom is 0.408 e. The first-order valence-electron chi connectivity index (χ1n) is 13.0. The normalized spacial score (nSPS) is 20.3. The summed E-state index contributed by atoms with van der Waals surface area (Å²) in [4.78, 5) is 51.9. The summed E-state index contributed by atoms with van der Waals surface area (Å²) in [5, 5.41) is 6.48. The number of carbonyl (C=O) groups is 4. The summed E-state index contributed by atoms with van der Waals surface area (Å²) in [5.74, 6) is -3.40. The third-order valence-corrected chi connectivity index (χ3v) is 7.62. The van der Waals surface area contributed by atoms with Gasteiger partial charge in [0.2, 0.25) is 11.8 Å². The van der Waals surface area contributed by atoms with Gasteiger partial charge in [-0.3, -0.25) is 24.0 Å². The van der Waals surface area contributed by atoms with E-state index in [-0.39, 0.29) is 23.2 Å². The molecule has 3 atom stereocenters. The van der Waals surface area contributed by atoms with E-state index in [0.717, 1.165) is 19.1 Å². The van der Waals surface area contributed by atoms with Crippen LogP contribution in [0.4, 0.5) is 26.7 Å². The van der Waals surface area contributed by atoms with Crippen molar-refractivity contribution in [2.24, 2.45) is 5.73 Å². The number of primary amides is 1. The van der Waals surface area contributed by atoms with Crippen molar-refractivity contribution in [1.29, 1.82) is 0 Å². The molecule has 43 heavy (non-hydrogen) atoms.